The Kier molecular flexibility index (Phi) is 10.6. The second-order valence-corrected chi connectivity index (χ2v) is 18.3. The van der Waals surface area contributed by atoms with Crippen LogP contribution in [0.15, 0.2) is 36.4 Å². The summed E-state index contributed by atoms with van der Waals surface area (Å²) in [7, 11) is 6.34. The number of fused-ring (bicyclic) bond motifs is 6. The van der Waals surface area contributed by atoms with Crippen LogP contribution in [0, 0.1) is 17.3 Å². The molecule has 10 unspecified atom stereocenters. The van der Waals surface area contributed by atoms with Crippen molar-refractivity contribution in [2.24, 2.45) is 17.3 Å². The Morgan fingerprint density at radius 1 is 0.949 bits per heavy atom. The third kappa shape index (κ3) is 5.54. The van der Waals surface area contributed by atoms with E-state index in [-0.39, 0.29) is 30.3 Å². The van der Waals surface area contributed by atoms with Crippen molar-refractivity contribution in [2.75, 3.05) is 66.0 Å². The highest BCUT2D eigenvalue weighted by Gasteiger charge is 2.81. The number of aromatic amines is 1. The van der Waals surface area contributed by atoms with Gasteiger partial charge in [-0.15, -0.1) is 12.4 Å². The third-order valence-electron chi connectivity index (χ3n) is 15.9. The number of aliphatic hydroxyl groups is 1. The summed E-state index contributed by atoms with van der Waals surface area (Å²) in [5.74, 6) is -0.470. The zero-order valence-electron chi connectivity index (χ0n) is 35.6. The number of hydrogen-bond acceptors (Lipinski definition) is 11. The van der Waals surface area contributed by atoms with Gasteiger partial charge in [-0.2, -0.15) is 0 Å². The van der Waals surface area contributed by atoms with Gasteiger partial charge in [0.15, 0.2) is 6.10 Å². The lowest BCUT2D eigenvalue weighted by atomic mass is 9.46. The molecule has 13 heteroatoms. The maximum absolute atomic E-state index is 15.3. The van der Waals surface area contributed by atoms with Crippen molar-refractivity contribution in [3.8, 4) is 5.75 Å². The maximum Gasteiger partial charge on any atom is 0.344 e. The van der Waals surface area contributed by atoms with E-state index in [4.69, 9.17) is 18.9 Å². The molecule has 3 aromatic rings. The van der Waals surface area contributed by atoms with E-state index in [1.165, 1.54) is 21.1 Å². The first-order valence-corrected chi connectivity index (χ1v) is 21.5. The van der Waals surface area contributed by atoms with Crippen molar-refractivity contribution < 1.29 is 38.4 Å². The molecule has 4 fully saturated rings. The van der Waals surface area contributed by atoms with Crippen molar-refractivity contribution in [3.05, 3.63) is 58.8 Å². The number of piperidine rings is 2. The summed E-state index contributed by atoms with van der Waals surface area (Å²) in [6.07, 6.45) is 4.93. The van der Waals surface area contributed by atoms with Gasteiger partial charge in [0.25, 0.3) is 0 Å². The van der Waals surface area contributed by atoms with E-state index in [1.54, 1.807) is 7.11 Å². The second-order valence-electron chi connectivity index (χ2n) is 18.3. The van der Waals surface area contributed by atoms with Gasteiger partial charge in [0.1, 0.15) is 11.2 Å². The van der Waals surface area contributed by atoms with Gasteiger partial charge in [0.2, 0.25) is 5.60 Å². The first-order valence-electron chi connectivity index (χ1n) is 21.5. The van der Waals surface area contributed by atoms with E-state index in [9.17, 15) is 14.7 Å². The van der Waals surface area contributed by atoms with Gasteiger partial charge in [0, 0.05) is 84.4 Å². The molecule has 10 atom stereocenters. The van der Waals surface area contributed by atoms with E-state index in [0.717, 1.165) is 97.4 Å². The minimum Gasteiger partial charge on any atom is -0.496 e. The van der Waals surface area contributed by atoms with E-state index in [2.05, 4.69) is 52.9 Å². The average molecular weight is 833 g/mol. The topological polar surface area (TPSA) is 134 Å². The summed E-state index contributed by atoms with van der Waals surface area (Å²) in [6, 6.07) is 11.5. The summed E-state index contributed by atoms with van der Waals surface area (Å²) in [4.78, 5) is 53.7. The lowest BCUT2D eigenvalue weighted by Crippen LogP contribution is -2.82. The number of para-hydroxylation sites is 1. The van der Waals surface area contributed by atoms with Crippen LogP contribution in [0.5, 0.6) is 5.75 Å². The zero-order chi connectivity index (χ0) is 40.9. The maximum atomic E-state index is 15.3. The lowest BCUT2D eigenvalue weighted by molar-refractivity contribution is -0.242. The molecule has 1 spiro atoms. The van der Waals surface area contributed by atoms with Crippen LogP contribution in [0.4, 0.5) is 5.69 Å². The minimum atomic E-state index is -2.22. The first-order chi connectivity index (χ1) is 27.9. The number of ether oxygens (including phenoxy) is 4. The third-order valence-corrected chi connectivity index (χ3v) is 15.9. The van der Waals surface area contributed by atoms with E-state index in [0.29, 0.717) is 37.4 Å². The van der Waals surface area contributed by atoms with Crippen LogP contribution in [-0.2, 0) is 45.8 Å². The molecule has 1 aromatic heterocycles. The number of halogens is 1. The monoisotopic (exact) mass is 832 g/mol. The van der Waals surface area contributed by atoms with Crippen LogP contribution < -0.4 is 9.64 Å². The molecule has 12 nitrogen and oxygen atoms in total. The molecule has 320 valence electrons. The Morgan fingerprint density at radius 3 is 2.41 bits per heavy atom. The summed E-state index contributed by atoms with van der Waals surface area (Å²) in [6.45, 7) is 10.1. The molecule has 59 heavy (non-hydrogen) atoms. The number of aromatic nitrogens is 1. The van der Waals surface area contributed by atoms with Gasteiger partial charge in [0.05, 0.1) is 27.4 Å². The molecule has 0 radical (unpaired) electrons. The summed E-state index contributed by atoms with van der Waals surface area (Å²) in [5.41, 5.74) is 0.346. The summed E-state index contributed by atoms with van der Waals surface area (Å²) < 4.78 is 24.1. The highest BCUT2D eigenvalue weighted by atomic mass is 35.5. The Labute approximate surface area is 353 Å². The number of likely N-dealkylation sites (N-methyl/N-ethyl adjacent to an activating group) is 1. The van der Waals surface area contributed by atoms with Crippen molar-refractivity contribution in [2.45, 2.75) is 107 Å². The van der Waals surface area contributed by atoms with Gasteiger partial charge in [-0.1, -0.05) is 38.5 Å². The van der Waals surface area contributed by atoms with Gasteiger partial charge < -0.3 is 38.8 Å². The number of carbonyl (C=O) groups is 3. The largest absolute Gasteiger partial charge is 0.496 e. The van der Waals surface area contributed by atoms with Gasteiger partial charge >= 0.3 is 17.9 Å². The number of H-pyrrole nitrogens is 1. The van der Waals surface area contributed by atoms with Gasteiger partial charge in [-0.25, -0.2) is 4.79 Å². The number of carbonyl (C=O) groups excluding carboxylic acids is 3. The van der Waals surface area contributed by atoms with Crippen molar-refractivity contribution >= 4 is 46.9 Å². The van der Waals surface area contributed by atoms with E-state index >= 15 is 4.79 Å². The SMILES string of the molecule is CCC1CC2CN(CCc3c([nH]c4ccccc34)C(C(=O)OC)(c3cc4c(cc3OC)N(C)C3C(O)(C(=O)OC)C(OC(C)=O)C5(CC)CCCN6CCC43C65)C2)C1.Cl. The molecular formula is C46H61ClN4O8. The summed E-state index contributed by atoms with van der Waals surface area (Å²) >= 11 is 0. The number of nitrogens with zero attached hydrogens (tertiary/aromatic N) is 3. The normalized spacial score (nSPS) is 35.8. The quantitative estimate of drug-likeness (QED) is 0.230. The highest BCUT2D eigenvalue weighted by molar-refractivity contribution is 5.95. The Morgan fingerprint density at radius 2 is 1.71 bits per heavy atom. The zero-order valence-corrected chi connectivity index (χ0v) is 36.4. The van der Waals surface area contributed by atoms with Crippen molar-refractivity contribution in [3.63, 3.8) is 0 Å². The molecule has 0 amide bonds. The Balaban J connectivity index is 0.00000484. The van der Waals surface area contributed by atoms with Crippen LogP contribution in [0.2, 0.25) is 0 Å². The summed E-state index contributed by atoms with van der Waals surface area (Å²) in [5, 5.41) is 14.5. The molecule has 6 aliphatic rings. The molecule has 5 aliphatic heterocycles. The number of nitrogens with one attached hydrogen (secondary N) is 1. The van der Waals surface area contributed by atoms with Crippen molar-refractivity contribution in [1.29, 1.82) is 0 Å². The smallest absolute Gasteiger partial charge is 0.344 e. The standard InChI is InChI=1S/C46H60N4O8.ClH/c1-8-28-21-29-24-45(41(52)56-6,37-31(15-19-49(25-28)26-29)30-13-10-11-14-34(30)47-37)33-22-32-35(23-36(33)55-5)48(4)39-44(32)17-20-50-18-12-16-43(9-2,38(44)50)40(58-27(3)51)46(39,54)42(53)57-7;/h10-11,13-14,22-23,28-29,38-40,47,54H,8-9,12,15-21,24-26H2,1-7H3;1H. The fraction of sp³-hybridized carbons (Fsp3) is 0.630. The Hall–Kier alpha value is -3.84. The number of anilines is 1. The van der Waals surface area contributed by atoms with E-state index < -0.39 is 45.9 Å². The molecule has 2 aromatic carbocycles. The highest BCUT2D eigenvalue weighted by Crippen LogP contribution is 2.69. The van der Waals surface area contributed by atoms with Crippen LogP contribution >= 0.6 is 12.4 Å². The molecule has 6 heterocycles. The van der Waals surface area contributed by atoms with E-state index in [1.807, 2.05) is 24.1 Å². The van der Waals surface area contributed by atoms with Crippen LogP contribution in [0.1, 0.15) is 88.1 Å². The molecular weight excluding hydrogens is 772 g/mol. The predicted octanol–water partition coefficient (Wildman–Crippen LogP) is 5.52. The predicted molar refractivity (Wildman–Crippen MR) is 226 cm³/mol. The fourth-order valence-corrected chi connectivity index (χ4v) is 14.0. The number of hydrogen-bond donors (Lipinski definition) is 2. The number of methoxy groups -OCH3 is 3. The lowest BCUT2D eigenvalue weighted by Gasteiger charge is -2.65. The Bertz CT molecular complexity index is 2160. The molecule has 3 saturated heterocycles. The van der Waals surface area contributed by atoms with Gasteiger partial charge in [-0.3, -0.25) is 14.5 Å². The number of esters is 3. The molecule has 1 saturated carbocycles. The molecule has 2 N–H and O–H groups in total. The molecule has 2 bridgehead atoms. The molecule has 1 aliphatic carbocycles. The van der Waals surface area contributed by atoms with Crippen LogP contribution in [0.3, 0.4) is 0 Å². The average Bonchev–Trinajstić information content (AvgIpc) is 3.89. The van der Waals surface area contributed by atoms with Crippen molar-refractivity contribution in [1.82, 2.24) is 14.8 Å². The fourth-order valence-electron chi connectivity index (χ4n) is 14.0. The number of rotatable bonds is 7. The second kappa shape index (κ2) is 15.0. The first kappa shape index (κ1) is 41.9. The minimum absolute atomic E-state index is 0. The number of benzene rings is 2. The van der Waals surface area contributed by atoms with Crippen LogP contribution in [-0.4, -0.2) is 123 Å². The van der Waals surface area contributed by atoms with Gasteiger partial charge in [-0.05, 0) is 93.1 Å². The molecule has 9 rings (SSSR count). The van der Waals surface area contributed by atoms with Crippen LogP contribution in [0.25, 0.3) is 10.9 Å².